The highest BCUT2D eigenvalue weighted by atomic mass is 35.5. The second kappa shape index (κ2) is 10.8. The number of nitrogens with one attached hydrogen (secondary N) is 1. The summed E-state index contributed by atoms with van der Waals surface area (Å²) in [5, 5.41) is 3.37. The fourth-order valence-corrected chi connectivity index (χ4v) is 3.94. The molecule has 0 bridgehead atoms. The first-order chi connectivity index (χ1) is 15.6. The van der Waals surface area contributed by atoms with Gasteiger partial charge in [0.25, 0.3) is 11.5 Å². The van der Waals surface area contributed by atoms with Crippen molar-refractivity contribution in [3.8, 4) is 5.75 Å². The summed E-state index contributed by atoms with van der Waals surface area (Å²) in [6.45, 7) is 1.32. The van der Waals surface area contributed by atoms with Gasteiger partial charge >= 0.3 is 6.61 Å². The van der Waals surface area contributed by atoms with Crippen molar-refractivity contribution >= 4 is 46.1 Å². The second-order valence-corrected chi connectivity index (χ2v) is 8.81. The molecule has 0 saturated carbocycles. The number of carbonyl (C=O) groups is 2. The fraction of sp³-hybridized carbons (Fsp3) is 0.273. The fourth-order valence-electron chi connectivity index (χ4n) is 2.96. The average Bonchev–Trinajstić information content (AvgIpc) is 2.75. The second-order valence-electron chi connectivity index (χ2n) is 7.43. The van der Waals surface area contributed by atoms with Gasteiger partial charge in [-0.3, -0.25) is 24.3 Å². The first kappa shape index (κ1) is 24.7. The highest BCUT2D eigenvalue weighted by Gasteiger charge is 2.16. The van der Waals surface area contributed by atoms with E-state index in [1.54, 1.807) is 18.2 Å². The molecule has 11 heteroatoms. The van der Waals surface area contributed by atoms with Crippen LogP contribution in [0.25, 0.3) is 10.9 Å². The zero-order chi connectivity index (χ0) is 24.1. The zero-order valence-corrected chi connectivity index (χ0v) is 19.3. The molecule has 33 heavy (non-hydrogen) atoms. The van der Waals surface area contributed by atoms with Crippen molar-refractivity contribution in [2.45, 2.75) is 32.2 Å². The van der Waals surface area contributed by atoms with E-state index in [1.807, 2.05) is 13.8 Å². The number of thioether (sulfide) groups is 1. The molecule has 3 rings (SSSR count). The smallest absolute Gasteiger partial charge is 0.387 e. The third kappa shape index (κ3) is 6.52. The van der Waals surface area contributed by atoms with Crippen molar-refractivity contribution in [1.29, 1.82) is 0 Å². The van der Waals surface area contributed by atoms with Gasteiger partial charge in [-0.15, -0.1) is 0 Å². The Balaban J connectivity index is 1.72. The van der Waals surface area contributed by atoms with E-state index < -0.39 is 18.4 Å². The number of hydrogen-bond donors (Lipinski definition) is 1. The molecule has 1 heterocycles. The van der Waals surface area contributed by atoms with Crippen LogP contribution in [0, 0.1) is 5.92 Å². The first-order valence-corrected chi connectivity index (χ1v) is 11.2. The van der Waals surface area contributed by atoms with Crippen LogP contribution in [0.3, 0.4) is 0 Å². The molecule has 0 spiro atoms. The van der Waals surface area contributed by atoms with E-state index in [0.717, 1.165) is 11.8 Å². The van der Waals surface area contributed by atoms with E-state index in [9.17, 15) is 23.2 Å². The normalized spacial score (nSPS) is 11.2. The van der Waals surface area contributed by atoms with Crippen LogP contribution in [0.5, 0.6) is 5.75 Å². The van der Waals surface area contributed by atoms with Gasteiger partial charge < -0.3 is 4.74 Å². The Morgan fingerprint density at radius 3 is 2.52 bits per heavy atom. The highest BCUT2D eigenvalue weighted by molar-refractivity contribution is 7.99. The van der Waals surface area contributed by atoms with Crippen molar-refractivity contribution in [2.75, 3.05) is 5.75 Å². The maximum absolute atomic E-state index is 13.0. The van der Waals surface area contributed by atoms with Crippen LogP contribution in [-0.4, -0.2) is 33.7 Å². The molecule has 0 aliphatic carbocycles. The molecule has 3 aromatic rings. The van der Waals surface area contributed by atoms with Gasteiger partial charge in [-0.1, -0.05) is 37.2 Å². The van der Waals surface area contributed by atoms with Crippen LogP contribution >= 0.6 is 23.4 Å². The Hall–Kier alpha value is -2.98. The Bertz CT molecular complexity index is 1230. The lowest BCUT2D eigenvalue weighted by molar-refractivity contribution is -0.117. The summed E-state index contributed by atoms with van der Waals surface area (Å²) in [5.41, 5.74) is 0.295. The molecule has 0 aliphatic heterocycles. The van der Waals surface area contributed by atoms with Gasteiger partial charge in [0, 0.05) is 17.1 Å². The van der Waals surface area contributed by atoms with Crippen LogP contribution in [0.4, 0.5) is 8.78 Å². The van der Waals surface area contributed by atoms with E-state index in [-0.39, 0.29) is 28.5 Å². The summed E-state index contributed by atoms with van der Waals surface area (Å²) in [5.74, 6) is -1.41. The quantitative estimate of drug-likeness (QED) is 0.369. The minimum atomic E-state index is -2.97. The van der Waals surface area contributed by atoms with Crippen LogP contribution in [-0.2, 0) is 11.3 Å². The van der Waals surface area contributed by atoms with Gasteiger partial charge in [-0.25, -0.2) is 4.98 Å². The van der Waals surface area contributed by atoms with Gasteiger partial charge in [0.05, 0.1) is 16.7 Å². The maximum atomic E-state index is 13.0. The topological polar surface area (TPSA) is 90.3 Å². The monoisotopic (exact) mass is 495 g/mol. The predicted octanol–water partition coefficient (Wildman–Crippen LogP) is 4.36. The number of aromatic nitrogens is 2. The van der Waals surface area contributed by atoms with E-state index >= 15 is 0 Å². The van der Waals surface area contributed by atoms with Crippen LogP contribution in [0.2, 0.25) is 5.02 Å². The van der Waals surface area contributed by atoms with Gasteiger partial charge in [-0.05, 0) is 48.4 Å². The number of halogens is 3. The summed E-state index contributed by atoms with van der Waals surface area (Å²) < 4.78 is 30.2. The molecule has 0 unspecified atom stereocenters. The van der Waals surface area contributed by atoms with Crippen molar-refractivity contribution < 1.29 is 23.1 Å². The van der Waals surface area contributed by atoms with Gasteiger partial charge in [0.15, 0.2) is 5.16 Å². The van der Waals surface area contributed by atoms with Crippen LogP contribution in [0.1, 0.15) is 24.2 Å². The third-order valence-electron chi connectivity index (χ3n) is 4.36. The Morgan fingerprint density at radius 2 is 1.88 bits per heavy atom. The van der Waals surface area contributed by atoms with Crippen molar-refractivity contribution in [3.63, 3.8) is 0 Å². The van der Waals surface area contributed by atoms with Crippen LogP contribution in [0.15, 0.2) is 52.4 Å². The molecular weight excluding hydrogens is 476 g/mol. The summed E-state index contributed by atoms with van der Waals surface area (Å²) in [7, 11) is 0. The Labute approximate surface area is 197 Å². The molecule has 0 radical (unpaired) electrons. The maximum Gasteiger partial charge on any atom is 0.387 e. The lowest BCUT2D eigenvalue weighted by atomic mass is 10.2. The molecule has 0 aliphatic rings. The number of alkyl halides is 2. The number of ether oxygens (including phenoxy) is 1. The van der Waals surface area contributed by atoms with Gasteiger partial charge in [0.1, 0.15) is 5.75 Å². The number of benzene rings is 2. The molecule has 0 atom stereocenters. The number of hydrogen-bond acceptors (Lipinski definition) is 6. The molecule has 2 aromatic carbocycles. The molecule has 0 saturated heterocycles. The van der Waals surface area contributed by atoms with Crippen molar-refractivity contribution in [1.82, 2.24) is 14.9 Å². The van der Waals surface area contributed by atoms with Gasteiger partial charge in [-0.2, -0.15) is 8.78 Å². The summed E-state index contributed by atoms with van der Waals surface area (Å²) in [6.07, 6.45) is 0. The lowest BCUT2D eigenvalue weighted by Gasteiger charge is -2.15. The standard InChI is InChI=1S/C22H20ClF2N3O4S/c1-12(2)10-28-20(31)16-9-14(23)5-8-17(16)26-22(28)33-11-18(29)27-19(30)13-3-6-15(7-4-13)32-21(24)25/h3-9,12,21H,10-11H2,1-2H3,(H,27,29,30). The summed E-state index contributed by atoms with van der Waals surface area (Å²) >= 11 is 7.04. The summed E-state index contributed by atoms with van der Waals surface area (Å²) in [4.78, 5) is 42.1. The van der Waals surface area contributed by atoms with E-state index in [1.165, 1.54) is 28.8 Å². The number of imide groups is 1. The lowest BCUT2D eigenvalue weighted by Crippen LogP contribution is -2.32. The molecule has 1 N–H and O–H groups in total. The Kier molecular flexibility index (Phi) is 8.04. The molecule has 1 aromatic heterocycles. The molecule has 174 valence electrons. The SMILES string of the molecule is CC(C)Cn1c(SCC(=O)NC(=O)c2ccc(OC(F)F)cc2)nc2ccc(Cl)cc2c1=O. The number of fused-ring (bicyclic) bond motifs is 1. The molecular formula is C22H20ClF2N3O4S. The van der Waals surface area contributed by atoms with Gasteiger partial charge in [0.2, 0.25) is 5.91 Å². The molecule has 7 nitrogen and oxygen atoms in total. The van der Waals surface area contributed by atoms with E-state index in [4.69, 9.17) is 11.6 Å². The van der Waals surface area contributed by atoms with Crippen molar-refractivity contribution in [3.05, 3.63) is 63.4 Å². The minimum absolute atomic E-state index is 0.102. The molecule has 2 amide bonds. The predicted molar refractivity (Wildman–Crippen MR) is 122 cm³/mol. The van der Waals surface area contributed by atoms with E-state index in [0.29, 0.717) is 27.6 Å². The zero-order valence-electron chi connectivity index (χ0n) is 17.7. The number of nitrogens with zero attached hydrogens (tertiary/aromatic N) is 2. The largest absolute Gasteiger partial charge is 0.435 e. The van der Waals surface area contributed by atoms with Crippen molar-refractivity contribution in [2.24, 2.45) is 5.92 Å². The number of rotatable bonds is 8. The average molecular weight is 496 g/mol. The first-order valence-electron chi connectivity index (χ1n) is 9.86. The van der Waals surface area contributed by atoms with E-state index in [2.05, 4.69) is 15.0 Å². The van der Waals surface area contributed by atoms with Crippen LogP contribution < -0.4 is 15.6 Å². The highest BCUT2D eigenvalue weighted by Crippen LogP contribution is 2.21. The Morgan fingerprint density at radius 1 is 1.18 bits per heavy atom. The summed E-state index contributed by atoms with van der Waals surface area (Å²) in [6, 6.07) is 9.76. The molecule has 0 fully saturated rings. The third-order valence-corrected chi connectivity index (χ3v) is 5.57. The number of carbonyl (C=O) groups excluding carboxylic acids is 2. The number of amides is 2. The minimum Gasteiger partial charge on any atom is -0.435 e.